The lowest BCUT2D eigenvalue weighted by Gasteiger charge is -2.46. The molecule has 1 aromatic carbocycles. The van der Waals surface area contributed by atoms with Crippen molar-refractivity contribution in [3.63, 3.8) is 0 Å². The number of aliphatic hydroxyl groups is 1. The van der Waals surface area contributed by atoms with Gasteiger partial charge in [0.1, 0.15) is 17.3 Å². The number of halogens is 1. The molecule has 0 bridgehead atoms. The zero-order chi connectivity index (χ0) is 35.3. The first-order chi connectivity index (χ1) is 23.9. The average Bonchev–Trinajstić information content (AvgIpc) is 3.05. The standard InChI is InChI=1S/C36H40FN9O4/c1-21-17-44(25-19-50-20-25)10-11-45(21)24-6-7-31(39-16-24)41-30-14-29(42-43(5)34(30)48)26-8-9-38-33(27(26)18-47)46-35(49)32-22(15-40-46)12-23(13-28(32)37)36(2,3)4/h6-9,12-16,21,25,47H,10-11,17-20H2,1-5H3,(H,39,41). The first-order valence-electron chi connectivity index (χ1n) is 16.6. The summed E-state index contributed by atoms with van der Waals surface area (Å²) in [7, 11) is 1.52. The topological polar surface area (TPSA) is 144 Å². The lowest BCUT2D eigenvalue weighted by Crippen LogP contribution is -2.59. The van der Waals surface area contributed by atoms with Crippen molar-refractivity contribution in [2.45, 2.75) is 51.8 Å². The van der Waals surface area contributed by atoms with Gasteiger partial charge in [-0.05, 0) is 54.3 Å². The summed E-state index contributed by atoms with van der Waals surface area (Å²) in [5.74, 6) is -0.166. The second kappa shape index (κ2) is 13.0. The van der Waals surface area contributed by atoms with E-state index in [9.17, 15) is 14.7 Å². The van der Waals surface area contributed by atoms with E-state index in [-0.39, 0.29) is 33.4 Å². The van der Waals surface area contributed by atoms with Crippen molar-refractivity contribution in [2.75, 3.05) is 43.1 Å². The van der Waals surface area contributed by atoms with E-state index in [0.717, 1.165) is 48.8 Å². The van der Waals surface area contributed by atoms with Crippen LogP contribution in [0.3, 0.4) is 0 Å². The molecule has 14 heteroatoms. The molecule has 0 aliphatic carbocycles. The van der Waals surface area contributed by atoms with E-state index < -0.39 is 18.0 Å². The molecule has 2 N–H and O–H groups in total. The number of fused-ring (bicyclic) bond motifs is 1. The van der Waals surface area contributed by atoms with Crippen LogP contribution in [0.1, 0.15) is 38.8 Å². The van der Waals surface area contributed by atoms with Crippen LogP contribution in [-0.4, -0.2) is 84.5 Å². The van der Waals surface area contributed by atoms with Gasteiger partial charge in [-0.2, -0.15) is 14.9 Å². The molecule has 6 heterocycles. The van der Waals surface area contributed by atoms with Crippen molar-refractivity contribution >= 4 is 28.0 Å². The fourth-order valence-electron chi connectivity index (χ4n) is 6.61. The zero-order valence-corrected chi connectivity index (χ0v) is 28.7. The van der Waals surface area contributed by atoms with Gasteiger partial charge in [-0.3, -0.25) is 14.5 Å². The Hall–Kier alpha value is -5.05. The molecule has 2 aliphatic heterocycles. The first kappa shape index (κ1) is 33.4. The Morgan fingerprint density at radius 3 is 2.50 bits per heavy atom. The van der Waals surface area contributed by atoms with Crippen molar-refractivity contribution in [3.05, 3.63) is 92.6 Å². The van der Waals surface area contributed by atoms with Crippen LogP contribution < -0.4 is 21.3 Å². The van der Waals surface area contributed by atoms with Gasteiger partial charge in [0.2, 0.25) is 0 Å². The average molecular weight is 682 g/mol. The number of pyridine rings is 2. The molecule has 0 amide bonds. The van der Waals surface area contributed by atoms with Gasteiger partial charge in [0.15, 0.2) is 5.82 Å². The summed E-state index contributed by atoms with van der Waals surface area (Å²) in [6.07, 6.45) is 4.66. The normalized spacial score (nSPS) is 17.3. The Labute approximate surface area is 288 Å². The van der Waals surface area contributed by atoms with Crippen LogP contribution in [-0.2, 0) is 23.8 Å². The van der Waals surface area contributed by atoms with Crippen LogP contribution in [0.5, 0.6) is 0 Å². The Balaban J connectivity index is 1.18. The third-order valence-corrected chi connectivity index (χ3v) is 9.57. The predicted molar refractivity (Wildman–Crippen MR) is 189 cm³/mol. The molecule has 4 aromatic heterocycles. The number of rotatable bonds is 7. The van der Waals surface area contributed by atoms with E-state index in [2.05, 4.69) is 42.2 Å². The predicted octanol–water partition coefficient (Wildman–Crippen LogP) is 3.52. The quantitative estimate of drug-likeness (QED) is 0.261. The largest absolute Gasteiger partial charge is 0.392 e. The third kappa shape index (κ3) is 6.14. The van der Waals surface area contributed by atoms with Crippen LogP contribution in [0.25, 0.3) is 27.8 Å². The number of aromatic nitrogens is 6. The van der Waals surface area contributed by atoms with Crippen molar-refractivity contribution in [1.82, 2.24) is 34.4 Å². The number of benzene rings is 1. The monoisotopic (exact) mass is 681 g/mol. The van der Waals surface area contributed by atoms with Crippen LogP contribution in [0.15, 0.2) is 64.6 Å². The number of piperazine rings is 1. The molecule has 1 unspecified atom stereocenters. The Morgan fingerprint density at radius 1 is 1.04 bits per heavy atom. The number of nitrogens with zero attached hydrogens (tertiary/aromatic N) is 8. The summed E-state index contributed by atoms with van der Waals surface area (Å²) in [6, 6.07) is 10.9. The van der Waals surface area contributed by atoms with Crippen LogP contribution in [0.2, 0.25) is 0 Å². The molecule has 0 spiro atoms. The van der Waals surface area contributed by atoms with E-state index in [1.165, 1.54) is 30.2 Å². The molecule has 0 saturated carbocycles. The molecular weight excluding hydrogens is 641 g/mol. The maximum atomic E-state index is 15.4. The van der Waals surface area contributed by atoms with E-state index in [4.69, 9.17) is 4.74 Å². The summed E-state index contributed by atoms with van der Waals surface area (Å²) >= 11 is 0. The maximum absolute atomic E-state index is 15.4. The zero-order valence-electron chi connectivity index (χ0n) is 28.7. The highest BCUT2D eigenvalue weighted by Gasteiger charge is 2.32. The Morgan fingerprint density at radius 2 is 1.84 bits per heavy atom. The van der Waals surface area contributed by atoms with E-state index in [1.807, 2.05) is 32.9 Å². The highest BCUT2D eigenvalue weighted by Crippen LogP contribution is 2.30. The first-order valence-corrected chi connectivity index (χ1v) is 16.6. The number of hydrogen-bond acceptors (Lipinski definition) is 11. The lowest BCUT2D eigenvalue weighted by molar-refractivity contribution is -0.0691. The smallest absolute Gasteiger partial charge is 0.290 e. The highest BCUT2D eigenvalue weighted by molar-refractivity contribution is 5.83. The summed E-state index contributed by atoms with van der Waals surface area (Å²) in [5.41, 5.74) is 1.48. The van der Waals surface area contributed by atoms with Crippen LogP contribution >= 0.6 is 0 Å². The Bertz CT molecular complexity index is 2190. The summed E-state index contributed by atoms with van der Waals surface area (Å²) in [6.45, 7) is 12.0. The van der Waals surface area contributed by atoms with Gasteiger partial charge in [-0.25, -0.2) is 19.0 Å². The van der Waals surface area contributed by atoms with Crippen molar-refractivity contribution in [3.8, 4) is 17.1 Å². The molecule has 50 heavy (non-hydrogen) atoms. The minimum Gasteiger partial charge on any atom is -0.392 e. The van der Waals surface area contributed by atoms with Gasteiger partial charge < -0.3 is 20.1 Å². The molecule has 1 atom stereocenters. The fraction of sp³-hybridized carbons (Fsp3) is 0.389. The van der Waals surface area contributed by atoms with Crippen LogP contribution in [0.4, 0.5) is 21.6 Å². The molecule has 5 aromatic rings. The van der Waals surface area contributed by atoms with Gasteiger partial charge in [0.05, 0.1) is 55.0 Å². The number of hydrogen-bond donors (Lipinski definition) is 2. The van der Waals surface area contributed by atoms with Gasteiger partial charge in [0.25, 0.3) is 11.1 Å². The summed E-state index contributed by atoms with van der Waals surface area (Å²) < 4.78 is 22.9. The maximum Gasteiger partial charge on any atom is 0.290 e. The molecule has 7 rings (SSSR count). The van der Waals surface area contributed by atoms with Gasteiger partial charge >= 0.3 is 0 Å². The van der Waals surface area contributed by atoms with E-state index >= 15 is 4.39 Å². The summed E-state index contributed by atoms with van der Waals surface area (Å²) in [4.78, 5) is 40.6. The van der Waals surface area contributed by atoms with E-state index in [0.29, 0.717) is 34.5 Å². The minimum atomic E-state index is -0.714. The van der Waals surface area contributed by atoms with Gasteiger partial charge in [0, 0.05) is 55.4 Å². The minimum absolute atomic E-state index is 0.0229. The molecule has 260 valence electrons. The fourth-order valence-corrected chi connectivity index (χ4v) is 6.61. The van der Waals surface area contributed by atoms with Gasteiger partial charge in [-0.15, -0.1) is 0 Å². The number of nitrogens with one attached hydrogen (secondary N) is 1. The third-order valence-electron chi connectivity index (χ3n) is 9.57. The number of anilines is 3. The van der Waals surface area contributed by atoms with Crippen molar-refractivity contribution < 1.29 is 14.2 Å². The number of ether oxygens (including phenoxy) is 1. The van der Waals surface area contributed by atoms with E-state index in [1.54, 1.807) is 24.4 Å². The SMILES string of the molecule is CC1CN(C2COC2)CCN1c1ccc(Nc2cc(-c3ccnc(-n4ncc5cc(C(C)(C)C)cc(F)c5c4=O)c3CO)nn(C)c2=O)nc1. The number of aliphatic hydroxyl groups excluding tert-OH is 1. The van der Waals surface area contributed by atoms with Gasteiger partial charge in [-0.1, -0.05) is 20.8 Å². The second-order valence-corrected chi connectivity index (χ2v) is 14.0. The Kier molecular flexibility index (Phi) is 8.70. The molecular formula is C36H40FN9O4. The molecule has 2 saturated heterocycles. The van der Waals surface area contributed by atoms with Crippen molar-refractivity contribution in [1.29, 1.82) is 0 Å². The highest BCUT2D eigenvalue weighted by atomic mass is 19.1. The molecule has 2 fully saturated rings. The second-order valence-electron chi connectivity index (χ2n) is 14.0. The van der Waals surface area contributed by atoms with Crippen molar-refractivity contribution in [2.24, 2.45) is 7.05 Å². The number of aryl methyl sites for hydroxylation is 1. The molecule has 2 aliphatic rings. The van der Waals surface area contributed by atoms with Crippen LogP contribution in [0, 0.1) is 5.82 Å². The molecule has 13 nitrogen and oxygen atoms in total. The summed E-state index contributed by atoms with van der Waals surface area (Å²) in [5, 5.41) is 22.7. The lowest BCUT2D eigenvalue weighted by atomic mass is 9.86. The molecule has 0 radical (unpaired) electrons.